The highest BCUT2D eigenvalue weighted by molar-refractivity contribution is 7.98. The first-order valence-electron chi connectivity index (χ1n) is 8.57. The Balaban J connectivity index is 1.95. The van der Waals surface area contributed by atoms with E-state index in [-0.39, 0.29) is 5.91 Å². The fraction of sp³-hybridized carbons (Fsp3) is 0.250. The number of nitrogens with one attached hydrogen (secondary N) is 1. The number of hydrogen-bond acceptors (Lipinski definition) is 4. The van der Waals surface area contributed by atoms with Crippen LogP contribution in [0.1, 0.15) is 29.4 Å². The van der Waals surface area contributed by atoms with Crippen molar-refractivity contribution in [2.75, 3.05) is 0 Å². The minimum Gasteiger partial charge on any atom is -0.349 e. The van der Waals surface area contributed by atoms with E-state index in [2.05, 4.69) is 46.7 Å². The normalized spacial score (nSPS) is 10.8. The summed E-state index contributed by atoms with van der Waals surface area (Å²) in [5, 5.41) is 12.9. The summed E-state index contributed by atoms with van der Waals surface area (Å²) in [6.07, 6.45) is 0. The van der Waals surface area contributed by atoms with Crippen molar-refractivity contribution in [1.29, 1.82) is 0 Å². The molecule has 0 aliphatic rings. The van der Waals surface area contributed by atoms with Crippen LogP contribution in [0, 0.1) is 13.8 Å². The maximum atomic E-state index is 11.3. The van der Waals surface area contributed by atoms with E-state index in [1.165, 1.54) is 18.1 Å². The predicted molar refractivity (Wildman–Crippen MR) is 109 cm³/mol. The molecule has 0 saturated carbocycles. The van der Waals surface area contributed by atoms with Crippen LogP contribution in [0.3, 0.4) is 0 Å². The largest absolute Gasteiger partial charge is 0.349 e. The first-order valence-corrected chi connectivity index (χ1v) is 9.94. The van der Waals surface area contributed by atoms with Gasteiger partial charge in [0.15, 0.2) is 11.0 Å². The van der Waals surface area contributed by atoms with Gasteiger partial charge >= 0.3 is 0 Å². The average molecular weight is 401 g/mol. The molecule has 3 aromatic rings. The number of amides is 1. The molecule has 140 valence electrons. The first kappa shape index (κ1) is 19.5. The van der Waals surface area contributed by atoms with Gasteiger partial charge < -0.3 is 5.32 Å². The summed E-state index contributed by atoms with van der Waals surface area (Å²) in [4.78, 5) is 11.3. The van der Waals surface area contributed by atoms with Crippen LogP contribution in [0.25, 0.3) is 5.69 Å². The van der Waals surface area contributed by atoms with Crippen molar-refractivity contribution in [2.45, 2.75) is 38.2 Å². The predicted octanol–water partition coefficient (Wildman–Crippen LogP) is 4.47. The number of aromatic nitrogens is 3. The zero-order chi connectivity index (χ0) is 19.4. The number of halogens is 1. The second-order valence-electron chi connectivity index (χ2n) is 6.35. The Kier molecular flexibility index (Phi) is 6.19. The summed E-state index contributed by atoms with van der Waals surface area (Å²) in [6.45, 7) is 5.89. The van der Waals surface area contributed by atoms with Gasteiger partial charge in [-0.25, -0.2) is 0 Å². The van der Waals surface area contributed by atoms with E-state index in [1.54, 1.807) is 11.8 Å². The molecule has 0 aliphatic heterocycles. The molecule has 5 nitrogen and oxygen atoms in total. The molecule has 0 fully saturated rings. The maximum absolute atomic E-state index is 11.3. The van der Waals surface area contributed by atoms with Gasteiger partial charge in [-0.2, -0.15) is 0 Å². The molecular formula is C20H21ClN4OS. The van der Waals surface area contributed by atoms with Crippen molar-refractivity contribution in [1.82, 2.24) is 20.1 Å². The van der Waals surface area contributed by atoms with Gasteiger partial charge in [-0.1, -0.05) is 59.3 Å². The highest BCUT2D eigenvalue weighted by Gasteiger charge is 2.17. The summed E-state index contributed by atoms with van der Waals surface area (Å²) < 4.78 is 1.97. The molecular weight excluding hydrogens is 380 g/mol. The van der Waals surface area contributed by atoms with Gasteiger partial charge in [0.25, 0.3) is 0 Å². The van der Waals surface area contributed by atoms with Crippen molar-refractivity contribution < 1.29 is 4.79 Å². The third-order valence-electron chi connectivity index (χ3n) is 4.06. The van der Waals surface area contributed by atoms with Gasteiger partial charge in [-0.05, 0) is 37.1 Å². The average Bonchev–Trinajstić information content (AvgIpc) is 3.03. The fourth-order valence-corrected chi connectivity index (χ4v) is 3.80. The fourth-order valence-electron chi connectivity index (χ4n) is 2.73. The Bertz CT molecular complexity index is 970. The second-order valence-corrected chi connectivity index (χ2v) is 7.73. The summed E-state index contributed by atoms with van der Waals surface area (Å²) in [5.41, 5.74) is 4.42. The van der Waals surface area contributed by atoms with Crippen molar-refractivity contribution >= 4 is 29.3 Å². The quantitative estimate of drug-likeness (QED) is 0.620. The standard InChI is InChI=1S/C20H21ClN4OS/c1-13-5-4-6-16(9-13)12-27-20-24-23-19(11-22-15(3)26)25(20)18-10-17(21)8-7-14(18)2/h4-10H,11-12H2,1-3H3,(H,22,26). The Labute approximate surface area is 168 Å². The molecule has 1 N–H and O–H groups in total. The summed E-state index contributed by atoms with van der Waals surface area (Å²) in [6, 6.07) is 14.1. The molecule has 3 rings (SSSR count). The topological polar surface area (TPSA) is 59.8 Å². The molecule has 1 amide bonds. The molecule has 1 heterocycles. The Morgan fingerprint density at radius 2 is 2.00 bits per heavy atom. The SMILES string of the molecule is CC(=O)NCc1nnc(SCc2cccc(C)c2)n1-c1cc(Cl)ccc1C. The van der Waals surface area contributed by atoms with Gasteiger partial charge in [0.1, 0.15) is 0 Å². The van der Waals surface area contributed by atoms with E-state index in [4.69, 9.17) is 11.6 Å². The highest BCUT2D eigenvalue weighted by Crippen LogP contribution is 2.28. The number of hydrogen-bond donors (Lipinski definition) is 1. The lowest BCUT2D eigenvalue weighted by molar-refractivity contribution is -0.119. The molecule has 0 atom stereocenters. The summed E-state index contributed by atoms with van der Waals surface area (Å²) in [7, 11) is 0. The summed E-state index contributed by atoms with van der Waals surface area (Å²) in [5.74, 6) is 1.34. The van der Waals surface area contributed by atoms with Gasteiger partial charge in [-0.15, -0.1) is 10.2 Å². The van der Waals surface area contributed by atoms with Gasteiger partial charge in [0.05, 0.1) is 12.2 Å². The van der Waals surface area contributed by atoms with Crippen LogP contribution in [0.2, 0.25) is 5.02 Å². The molecule has 0 aliphatic carbocycles. The van der Waals surface area contributed by atoms with Crippen molar-refractivity contribution in [3.8, 4) is 5.69 Å². The smallest absolute Gasteiger partial charge is 0.217 e. The molecule has 7 heteroatoms. The minimum atomic E-state index is -0.110. The molecule has 2 aromatic carbocycles. The number of carbonyl (C=O) groups excluding carboxylic acids is 1. The van der Waals surface area contributed by atoms with E-state index < -0.39 is 0 Å². The van der Waals surface area contributed by atoms with Crippen LogP contribution in [-0.4, -0.2) is 20.7 Å². The highest BCUT2D eigenvalue weighted by atomic mass is 35.5. The number of aryl methyl sites for hydroxylation is 2. The number of carbonyl (C=O) groups is 1. The van der Waals surface area contributed by atoms with E-state index in [0.29, 0.717) is 17.4 Å². The number of thioether (sulfide) groups is 1. The molecule has 0 radical (unpaired) electrons. The Hall–Kier alpha value is -2.31. The Morgan fingerprint density at radius 3 is 2.74 bits per heavy atom. The van der Waals surface area contributed by atoms with Crippen LogP contribution in [-0.2, 0) is 17.1 Å². The summed E-state index contributed by atoms with van der Waals surface area (Å²) >= 11 is 7.83. The van der Waals surface area contributed by atoms with Crippen LogP contribution in [0.5, 0.6) is 0 Å². The maximum Gasteiger partial charge on any atom is 0.217 e. The van der Waals surface area contributed by atoms with Crippen LogP contribution < -0.4 is 5.32 Å². The van der Waals surface area contributed by atoms with Gasteiger partial charge in [0, 0.05) is 17.7 Å². The zero-order valence-corrected chi connectivity index (χ0v) is 17.1. The molecule has 0 bridgehead atoms. The van der Waals surface area contributed by atoms with E-state index in [0.717, 1.165) is 22.2 Å². The third-order valence-corrected chi connectivity index (χ3v) is 5.29. The second kappa shape index (κ2) is 8.59. The Morgan fingerprint density at radius 1 is 1.19 bits per heavy atom. The van der Waals surface area contributed by atoms with Crippen LogP contribution in [0.15, 0.2) is 47.6 Å². The molecule has 0 spiro atoms. The van der Waals surface area contributed by atoms with Gasteiger partial charge in [0.2, 0.25) is 5.91 Å². The van der Waals surface area contributed by atoms with Crippen molar-refractivity contribution in [3.63, 3.8) is 0 Å². The lowest BCUT2D eigenvalue weighted by Gasteiger charge is -2.13. The lowest BCUT2D eigenvalue weighted by atomic mass is 10.2. The first-order chi connectivity index (χ1) is 12.9. The van der Waals surface area contributed by atoms with Crippen LogP contribution >= 0.6 is 23.4 Å². The molecule has 0 saturated heterocycles. The molecule has 1 aromatic heterocycles. The number of benzene rings is 2. The van der Waals surface area contributed by atoms with E-state index in [9.17, 15) is 4.79 Å². The number of rotatable bonds is 6. The van der Waals surface area contributed by atoms with Crippen LogP contribution in [0.4, 0.5) is 0 Å². The third kappa shape index (κ3) is 4.90. The van der Waals surface area contributed by atoms with Gasteiger partial charge in [-0.3, -0.25) is 9.36 Å². The molecule has 0 unspecified atom stereocenters. The van der Waals surface area contributed by atoms with Crippen molar-refractivity contribution in [3.05, 3.63) is 70.0 Å². The van der Waals surface area contributed by atoms with Crippen molar-refractivity contribution in [2.24, 2.45) is 0 Å². The lowest BCUT2D eigenvalue weighted by Crippen LogP contribution is -2.21. The van der Waals surface area contributed by atoms with E-state index >= 15 is 0 Å². The number of nitrogens with zero attached hydrogens (tertiary/aromatic N) is 3. The minimum absolute atomic E-state index is 0.110. The monoisotopic (exact) mass is 400 g/mol. The molecule has 27 heavy (non-hydrogen) atoms. The van der Waals surface area contributed by atoms with E-state index in [1.807, 2.05) is 29.7 Å². The zero-order valence-electron chi connectivity index (χ0n) is 15.5.